The number of benzene rings is 1. The van der Waals surface area contributed by atoms with Crippen molar-refractivity contribution in [2.75, 3.05) is 13.7 Å². The van der Waals surface area contributed by atoms with E-state index in [0.29, 0.717) is 12.0 Å². The lowest BCUT2D eigenvalue weighted by molar-refractivity contribution is -0.139. The third-order valence-corrected chi connectivity index (χ3v) is 3.33. The van der Waals surface area contributed by atoms with Gasteiger partial charge in [-0.15, -0.1) is 11.6 Å². The normalized spacial score (nSPS) is 12.6. The summed E-state index contributed by atoms with van der Waals surface area (Å²) in [6, 6.07) is 3.85. The topological polar surface area (TPSA) is 18.5 Å². The van der Waals surface area contributed by atoms with Crippen LogP contribution in [-0.4, -0.2) is 19.3 Å². The average molecular weight is 311 g/mol. The first-order valence-corrected chi connectivity index (χ1v) is 6.67. The van der Waals surface area contributed by atoms with E-state index in [0.717, 1.165) is 6.07 Å². The number of hydrogen-bond acceptors (Lipinski definition) is 2. The predicted molar refractivity (Wildman–Crippen MR) is 72.2 cm³/mol. The molecule has 0 saturated heterocycles. The highest BCUT2D eigenvalue weighted by atomic mass is 35.5. The molecule has 114 valence electrons. The Morgan fingerprint density at radius 2 is 1.85 bits per heavy atom. The van der Waals surface area contributed by atoms with Crippen LogP contribution in [0.15, 0.2) is 18.2 Å². The first-order valence-electron chi connectivity index (χ1n) is 6.13. The average Bonchev–Trinajstić information content (AvgIpc) is 2.37. The molecule has 1 aromatic carbocycles. The van der Waals surface area contributed by atoms with Crippen LogP contribution in [0.3, 0.4) is 0 Å². The smallest absolute Gasteiger partial charge is 0.419 e. The van der Waals surface area contributed by atoms with E-state index >= 15 is 0 Å². The summed E-state index contributed by atoms with van der Waals surface area (Å²) in [5.74, 6) is -0.154. The third kappa shape index (κ3) is 4.87. The Labute approximate surface area is 121 Å². The summed E-state index contributed by atoms with van der Waals surface area (Å²) in [5, 5.41) is 0. The van der Waals surface area contributed by atoms with Gasteiger partial charge < -0.3 is 9.47 Å². The largest absolute Gasteiger partial charge is 0.493 e. The molecular formula is C14H18ClF3O2. The molecule has 2 nitrogen and oxygen atoms in total. The molecule has 0 unspecified atom stereocenters. The standard InChI is InChI=1S/C14H18ClF3O2/c1-13(2,19-3)6-7-20-12-5-4-10(9-15)8-11(12)14(16,17)18/h4-5,8H,6-7,9H2,1-3H3. The van der Waals surface area contributed by atoms with Crippen molar-refractivity contribution in [2.45, 2.75) is 37.9 Å². The van der Waals surface area contributed by atoms with E-state index in [1.807, 2.05) is 13.8 Å². The van der Waals surface area contributed by atoms with Gasteiger partial charge in [0.2, 0.25) is 0 Å². The molecule has 0 bridgehead atoms. The number of rotatable bonds is 6. The number of alkyl halides is 4. The summed E-state index contributed by atoms with van der Waals surface area (Å²) in [6.07, 6.45) is -3.98. The molecule has 6 heteroatoms. The lowest BCUT2D eigenvalue weighted by Crippen LogP contribution is -2.25. The number of halogens is 4. The monoisotopic (exact) mass is 310 g/mol. The first-order chi connectivity index (χ1) is 9.19. The minimum Gasteiger partial charge on any atom is -0.493 e. The van der Waals surface area contributed by atoms with Crippen molar-refractivity contribution in [3.8, 4) is 5.75 Å². The van der Waals surface area contributed by atoms with Gasteiger partial charge in [0, 0.05) is 19.4 Å². The van der Waals surface area contributed by atoms with Crippen molar-refractivity contribution in [3.05, 3.63) is 29.3 Å². The van der Waals surface area contributed by atoms with Crippen LogP contribution in [0.4, 0.5) is 13.2 Å². The Kier molecular flexibility index (Phi) is 5.71. The number of hydrogen-bond donors (Lipinski definition) is 0. The van der Waals surface area contributed by atoms with Crippen LogP contribution in [0.1, 0.15) is 31.4 Å². The highest BCUT2D eigenvalue weighted by Gasteiger charge is 2.34. The molecule has 0 heterocycles. The molecule has 0 spiro atoms. The molecule has 0 aliphatic carbocycles. The zero-order valence-electron chi connectivity index (χ0n) is 11.7. The number of ether oxygens (including phenoxy) is 2. The summed E-state index contributed by atoms with van der Waals surface area (Å²) in [4.78, 5) is 0. The maximum absolute atomic E-state index is 12.9. The van der Waals surface area contributed by atoms with Gasteiger partial charge in [-0.2, -0.15) is 13.2 Å². The quantitative estimate of drug-likeness (QED) is 0.713. The Morgan fingerprint density at radius 1 is 1.20 bits per heavy atom. The minimum atomic E-state index is -4.46. The first kappa shape index (κ1) is 17.1. The van der Waals surface area contributed by atoms with Gasteiger partial charge in [0.05, 0.1) is 17.8 Å². The Bertz CT molecular complexity index is 445. The maximum atomic E-state index is 12.9. The molecular weight excluding hydrogens is 293 g/mol. The predicted octanol–water partition coefficient (Wildman–Crippen LogP) is 4.64. The Morgan fingerprint density at radius 3 is 2.35 bits per heavy atom. The Hall–Kier alpha value is -0.940. The minimum absolute atomic E-state index is 0.0278. The molecule has 0 N–H and O–H groups in total. The van der Waals surface area contributed by atoms with Crippen LogP contribution < -0.4 is 4.74 Å². The summed E-state index contributed by atoms with van der Waals surface area (Å²) >= 11 is 5.56. The molecule has 0 aliphatic rings. The summed E-state index contributed by atoms with van der Waals surface area (Å²) < 4.78 is 49.3. The van der Waals surface area contributed by atoms with Crippen molar-refractivity contribution in [1.82, 2.24) is 0 Å². The summed E-state index contributed by atoms with van der Waals surface area (Å²) in [6.45, 7) is 3.83. The Balaban J connectivity index is 2.84. The van der Waals surface area contributed by atoms with Gasteiger partial charge in [0.15, 0.2) is 0 Å². The fourth-order valence-electron chi connectivity index (χ4n) is 1.52. The van der Waals surface area contributed by atoms with Crippen LogP contribution >= 0.6 is 11.6 Å². The summed E-state index contributed by atoms with van der Waals surface area (Å²) in [7, 11) is 1.55. The zero-order chi connectivity index (χ0) is 15.4. The second-order valence-electron chi connectivity index (χ2n) is 5.02. The van der Waals surface area contributed by atoms with Crippen LogP contribution in [0, 0.1) is 0 Å². The van der Waals surface area contributed by atoms with E-state index in [9.17, 15) is 13.2 Å². The van der Waals surface area contributed by atoms with Crippen molar-refractivity contribution >= 4 is 11.6 Å². The lowest BCUT2D eigenvalue weighted by Gasteiger charge is -2.23. The van der Waals surface area contributed by atoms with E-state index in [1.165, 1.54) is 12.1 Å². The van der Waals surface area contributed by atoms with Crippen LogP contribution in [0.2, 0.25) is 0 Å². The lowest BCUT2D eigenvalue weighted by atomic mass is 10.1. The van der Waals surface area contributed by atoms with Crippen LogP contribution in [0.25, 0.3) is 0 Å². The van der Waals surface area contributed by atoms with Gasteiger partial charge >= 0.3 is 6.18 Å². The van der Waals surface area contributed by atoms with E-state index < -0.39 is 17.3 Å². The van der Waals surface area contributed by atoms with E-state index in [4.69, 9.17) is 21.1 Å². The van der Waals surface area contributed by atoms with Gasteiger partial charge in [-0.25, -0.2) is 0 Å². The third-order valence-electron chi connectivity index (χ3n) is 3.02. The van der Waals surface area contributed by atoms with Crippen molar-refractivity contribution < 1.29 is 22.6 Å². The second-order valence-corrected chi connectivity index (χ2v) is 5.29. The van der Waals surface area contributed by atoms with Gasteiger partial charge in [-0.05, 0) is 31.5 Å². The summed E-state index contributed by atoms with van der Waals surface area (Å²) in [5.41, 5.74) is -0.830. The molecule has 20 heavy (non-hydrogen) atoms. The van der Waals surface area contributed by atoms with E-state index in [-0.39, 0.29) is 18.2 Å². The highest BCUT2D eigenvalue weighted by Crippen LogP contribution is 2.37. The van der Waals surface area contributed by atoms with Gasteiger partial charge in [-0.1, -0.05) is 6.07 Å². The van der Waals surface area contributed by atoms with E-state index in [1.54, 1.807) is 7.11 Å². The van der Waals surface area contributed by atoms with Crippen molar-refractivity contribution in [3.63, 3.8) is 0 Å². The maximum Gasteiger partial charge on any atom is 0.419 e. The fraction of sp³-hybridized carbons (Fsp3) is 0.571. The molecule has 1 aromatic rings. The van der Waals surface area contributed by atoms with Crippen LogP contribution in [-0.2, 0) is 16.8 Å². The van der Waals surface area contributed by atoms with Crippen LogP contribution in [0.5, 0.6) is 5.75 Å². The van der Waals surface area contributed by atoms with E-state index in [2.05, 4.69) is 0 Å². The molecule has 0 fully saturated rings. The van der Waals surface area contributed by atoms with Gasteiger partial charge in [0.1, 0.15) is 5.75 Å². The highest BCUT2D eigenvalue weighted by molar-refractivity contribution is 6.17. The number of methoxy groups -OCH3 is 1. The molecule has 0 aliphatic heterocycles. The molecule has 0 atom stereocenters. The van der Waals surface area contributed by atoms with Crippen molar-refractivity contribution in [1.29, 1.82) is 0 Å². The zero-order valence-corrected chi connectivity index (χ0v) is 12.4. The molecule has 0 amide bonds. The van der Waals surface area contributed by atoms with Crippen molar-refractivity contribution in [2.24, 2.45) is 0 Å². The molecule has 0 radical (unpaired) electrons. The molecule has 0 saturated carbocycles. The van der Waals surface area contributed by atoms with Gasteiger partial charge in [0.25, 0.3) is 0 Å². The second kappa shape index (κ2) is 6.68. The van der Waals surface area contributed by atoms with Gasteiger partial charge in [-0.3, -0.25) is 0 Å². The SMILES string of the molecule is COC(C)(C)CCOc1ccc(CCl)cc1C(F)(F)F. The fourth-order valence-corrected chi connectivity index (χ4v) is 1.68. The molecule has 0 aromatic heterocycles. The molecule has 1 rings (SSSR count).